The highest BCUT2D eigenvalue weighted by atomic mass is 32.2. The van der Waals surface area contributed by atoms with Crippen LogP contribution in [-0.4, -0.2) is 5.75 Å². The fourth-order valence-electron chi connectivity index (χ4n) is 1.73. The maximum atomic E-state index is 2.29. The molecule has 0 heterocycles. The van der Waals surface area contributed by atoms with Gasteiger partial charge in [-0.25, -0.2) is 0 Å². The predicted molar refractivity (Wildman–Crippen MR) is 76.8 cm³/mol. The Hall–Kier alpha value is -1.21. The van der Waals surface area contributed by atoms with Crippen LogP contribution in [0, 0.1) is 6.92 Å². The number of hydrogen-bond donors (Lipinski definition) is 0. The van der Waals surface area contributed by atoms with Gasteiger partial charge in [-0.15, -0.1) is 11.8 Å². The molecule has 17 heavy (non-hydrogen) atoms. The zero-order valence-corrected chi connectivity index (χ0v) is 11.2. The predicted octanol–water partition coefficient (Wildman–Crippen LogP) is 4.89. The van der Waals surface area contributed by atoms with Crippen molar-refractivity contribution in [2.45, 2.75) is 24.7 Å². The normalized spacial score (nSPS) is 12.4. The number of thioether (sulfide) groups is 1. The summed E-state index contributed by atoms with van der Waals surface area (Å²) < 4.78 is 0. The number of hydrogen-bond acceptors (Lipinski definition) is 1. The van der Waals surface area contributed by atoms with Crippen LogP contribution in [0.3, 0.4) is 0 Å². The largest absolute Gasteiger partial charge is 0.126 e. The molecule has 1 heteroatoms. The third-order valence-corrected chi connectivity index (χ3v) is 4.16. The van der Waals surface area contributed by atoms with Crippen LogP contribution >= 0.6 is 11.8 Å². The van der Waals surface area contributed by atoms with Crippen molar-refractivity contribution < 1.29 is 0 Å². The molecule has 1 unspecified atom stereocenters. The second-order valence-corrected chi connectivity index (χ2v) is 5.53. The summed E-state index contributed by atoms with van der Waals surface area (Å²) in [5.41, 5.74) is 2.75. The molecule has 0 aliphatic carbocycles. The summed E-state index contributed by atoms with van der Waals surface area (Å²) in [4.78, 5) is 1.36. The first kappa shape index (κ1) is 12.3. The van der Waals surface area contributed by atoms with Crippen molar-refractivity contribution >= 4 is 11.8 Å². The molecule has 0 spiro atoms. The third kappa shape index (κ3) is 3.64. The SMILES string of the molecule is Cc1ccc(SCC(C)c2ccccc2)cc1. The molecule has 0 aliphatic rings. The maximum Gasteiger partial charge on any atom is 0.00723 e. The third-order valence-electron chi connectivity index (χ3n) is 2.89. The lowest BCUT2D eigenvalue weighted by atomic mass is 10.0. The Bertz CT molecular complexity index is 445. The molecule has 2 aromatic rings. The van der Waals surface area contributed by atoms with Gasteiger partial charge in [0, 0.05) is 10.6 Å². The zero-order valence-electron chi connectivity index (χ0n) is 10.4. The molecule has 0 aliphatic heterocycles. The molecule has 2 rings (SSSR count). The van der Waals surface area contributed by atoms with Gasteiger partial charge < -0.3 is 0 Å². The topological polar surface area (TPSA) is 0 Å². The molecule has 0 radical (unpaired) electrons. The highest BCUT2D eigenvalue weighted by Gasteiger charge is 2.05. The van der Waals surface area contributed by atoms with E-state index in [4.69, 9.17) is 0 Å². The van der Waals surface area contributed by atoms with Gasteiger partial charge in [-0.05, 0) is 30.5 Å². The molecule has 1 atom stereocenters. The summed E-state index contributed by atoms with van der Waals surface area (Å²) in [6.07, 6.45) is 0. The Morgan fingerprint density at radius 3 is 2.24 bits per heavy atom. The fourth-order valence-corrected chi connectivity index (χ4v) is 2.70. The van der Waals surface area contributed by atoms with Gasteiger partial charge in [-0.1, -0.05) is 55.0 Å². The van der Waals surface area contributed by atoms with E-state index in [-0.39, 0.29) is 0 Å². The lowest BCUT2D eigenvalue weighted by Gasteiger charge is -2.11. The minimum Gasteiger partial charge on any atom is -0.126 e. The average molecular weight is 242 g/mol. The molecule has 0 saturated carbocycles. The van der Waals surface area contributed by atoms with Crippen LogP contribution < -0.4 is 0 Å². The fraction of sp³-hybridized carbons (Fsp3) is 0.250. The van der Waals surface area contributed by atoms with E-state index in [9.17, 15) is 0 Å². The molecular weight excluding hydrogens is 224 g/mol. The standard InChI is InChI=1S/C16H18S/c1-13-8-10-16(11-9-13)17-12-14(2)15-6-4-3-5-7-15/h3-11,14H,12H2,1-2H3. The van der Waals surface area contributed by atoms with Crippen LogP contribution in [0.15, 0.2) is 59.5 Å². The van der Waals surface area contributed by atoms with Crippen molar-refractivity contribution in [3.8, 4) is 0 Å². The Labute approximate surface area is 108 Å². The minimum atomic E-state index is 0.600. The van der Waals surface area contributed by atoms with Crippen LogP contribution in [0.2, 0.25) is 0 Å². The molecule has 2 aromatic carbocycles. The smallest absolute Gasteiger partial charge is 0.00723 e. The molecule has 0 fully saturated rings. The summed E-state index contributed by atoms with van der Waals surface area (Å²) in [5.74, 6) is 1.73. The van der Waals surface area contributed by atoms with Crippen molar-refractivity contribution in [1.29, 1.82) is 0 Å². The van der Waals surface area contributed by atoms with Gasteiger partial charge in [-0.3, -0.25) is 0 Å². The number of aryl methyl sites for hydroxylation is 1. The first-order valence-corrected chi connectivity index (χ1v) is 6.98. The van der Waals surface area contributed by atoms with E-state index in [0.29, 0.717) is 5.92 Å². The molecule has 0 aromatic heterocycles. The summed E-state index contributed by atoms with van der Waals surface area (Å²) in [5, 5.41) is 0. The van der Waals surface area contributed by atoms with Crippen LogP contribution in [0.4, 0.5) is 0 Å². The summed E-state index contributed by atoms with van der Waals surface area (Å²) in [7, 11) is 0. The molecule has 0 bridgehead atoms. The zero-order chi connectivity index (χ0) is 12.1. The van der Waals surface area contributed by atoms with Gasteiger partial charge in [0.1, 0.15) is 0 Å². The first-order valence-electron chi connectivity index (χ1n) is 6.00. The Morgan fingerprint density at radius 2 is 1.59 bits per heavy atom. The lowest BCUT2D eigenvalue weighted by molar-refractivity contribution is 0.880. The maximum absolute atomic E-state index is 2.29. The highest BCUT2D eigenvalue weighted by Crippen LogP contribution is 2.25. The van der Waals surface area contributed by atoms with Gasteiger partial charge in [-0.2, -0.15) is 0 Å². The number of benzene rings is 2. The van der Waals surface area contributed by atoms with Crippen LogP contribution in [0.25, 0.3) is 0 Å². The summed E-state index contributed by atoms with van der Waals surface area (Å²) >= 11 is 1.93. The summed E-state index contributed by atoms with van der Waals surface area (Å²) in [6, 6.07) is 19.5. The van der Waals surface area contributed by atoms with Gasteiger partial charge in [0.15, 0.2) is 0 Å². The van der Waals surface area contributed by atoms with Gasteiger partial charge in [0.25, 0.3) is 0 Å². The van der Waals surface area contributed by atoms with Crippen LogP contribution in [-0.2, 0) is 0 Å². The number of rotatable bonds is 4. The Balaban J connectivity index is 1.92. The monoisotopic (exact) mass is 242 g/mol. The molecule has 0 amide bonds. The second kappa shape index (κ2) is 5.92. The lowest BCUT2D eigenvalue weighted by Crippen LogP contribution is -1.96. The van der Waals surface area contributed by atoms with Crippen molar-refractivity contribution in [2.75, 3.05) is 5.75 Å². The van der Waals surface area contributed by atoms with E-state index in [1.165, 1.54) is 16.0 Å². The quantitative estimate of drug-likeness (QED) is 0.688. The highest BCUT2D eigenvalue weighted by molar-refractivity contribution is 7.99. The van der Waals surface area contributed by atoms with E-state index >= 15 is 0 Å². The first-order chi connectivity index (χ1) is 8.25. The molecule has 0 nitrogen and oxygen atoms in total. The van der Waals surface area contributed by atoms with E-state index < -0.39 is 0 Å². The Kier molecular flexibility index (Phi) is 4.27. The van der Waals surface area contributed by atoms with E-state index in [1.54, 1.807) is 0 Å². The molecule has 88 valence electrons. The van der Waals surface area contributed by atoms with Crippen molar-refractivity contribution in [3.63, 3.8) is 0 Å². The van der Waals surface area contributed by atoms with Crippen LogP contribution in [0.1, 0.15) is 24.0 Å². The van der Waals surface area contributed by atoms with E-state index in [1.807, 2.05) is 11.8 Å². The average Bonchev–Trinajstić information content (AvgIpc) is 2.39. The van der Waals surface area contributed by atoms with E-state index in [2.05, 4.69) is 68.4 Å². The van der Waals surface area contributed by atoms with Crippen molar-refractivity contribution in [3.05, 3.63) is 65.7 Å². The van der Waals surface area contributed by atoms with E-state index in [0.717, 1.165) is 5.75 Å². The Morgan fingerprint density at radius 1 is 0.941 bits per heavy atom. The van der Waals surface area contributed by atoms with Crippen LogP contribution in [0.5, 0.6) is 0 Å². The minimum absolute atomic E-state index is 0.600. The van der Waals surface area contributed by atoms with Gasteiger partial charge in [0.05, 0.1) is 0 Å². The molecular formula is C16H18S. The second-order valence-electron chi connectivity index (χ2n) is 4.44. The van der Waals surface area contributed by atoms with Gasteiger partial charge in [0.2, 0.25) is 0 Å². The van der Waals surface area contributed by atoms with Crippen molar-refractivity contribution in [2.24, 2.45) is 0 Å². The molecule has 0 N–H and O–H groups in total. The molecule has 0 saturated heterocycles. The summed E-state index contributed by atoms with van der Waals surface area (Å²) in [6.45, 7) is 4.41. The van der Waals surface area contributed by atoms with Gasteiger partial charge >= 0.3 is 0 Å². The van der Waals surface area contributed by atoms with Crippen molar-refractivity contribution in [1.82, 2.24) is 0 Å².